The van der Waals surface area contributed by atoms with Gasteiger partial charge in [-0.15, -0.1) is 5.10 Å². The number of aromatic nitrogens is 4. The van der Waals surface area contributed by atoms with Gasteiger partial charge in [-0.25, -0.2) is 13.8 Å². The molecule has 2 aromatic carbocycles. The third kappa shape index (κ3) is 7.66. The number of aliphatic hydroxyl groups excluding tert-OH is 4. The Balaban J connectivity index is 1.03. The fourth-order valence-corrected chi connectivity index (χ4v) is 8.13. The number of nitrogens with zero attached hydrogens (tertiary/aromatic N) is 4. The van der Waals surface area contributed by atoms with E-state index in [1.807, 2.05) is 42.5 Å². The number of pyridine rings is 1. The summed E-state index contributed by atoms with van der Waals surface area (Å²) in [6.07, 6.45) is -4.18. The van der Waals surface area contributed by atoms with E-state index in [0.717, 1.165) is 16.3 Å². The van der Waals surface area contributed by atoms with Gasteiger partial charge in [0.2, 0.25) is 0 Å². The number of aliphatic hydroxyl groups is 4. The summed E-state index contributed by atoms with van der Waals surface area (Å²) in [6, 6.07) is 15.5. The van der Waals surface area contributed by atoms with Gasteiger partial charge in [0.1, 0.15) is 35.7 Å². The van der Waals surface area contributed by atoms with Gasteiger partial charge in [-0.1, -0.05) is 47.7 Å². The fourth-order valence-electron chi connectivity index (χ4n) is 6.00. The van der Waals surface area contributed by atoms with Gasteiger partial charge in [-0.2, -0.15) is 8.88 Å². The van der Waals surface area contributed by atoms with Crippen molar-refractivity contribution in [2.75, 3.05) is 13.2 Å². The molecule has 3 heterocycles. The van der Waals surface area contributed by atoms with Crippen LogP contribution in [-0.2, 0) is 27.2 Å². The number of ether oxygens (including phenoxy) is 1. The van der Waals surface area contributed by atoms with Crippen LogP contribution in [0.4, 0.5) is 0 Å². The van der Waals surface area contributed by atoms with Crippen LogP contribution < -0.4 is 10.3 Å². The van der Waals surface area contributed by atoms with Gasteiger partial charge in [-0.05, 0) is 16.8 Å². The van der Waals surface area contributed by atoms with Crippen molar-refractivity contribution in [1.29, 1.82) is 0 Å². The molecule has 10 atom stereocenters. The third-order valence-corrected chi connectivity index (χ3v) is 11.1. The second-order valence-electron chi connectivity index (χ2n) is 11.7. The molecule has 4 aromatic rings. The number of phosphoric ester groups is 2. The zero-order chi connectivity index (χ0) is 35.1. The standard InChI is InChI=1S/C29H33N5O13P2/c30-28(39)17-7-4-10-33(12-17)22-11-18(24(35)25(22)36)14-44-48(40,41)47-49(42,43)45-15-23-26(37)27(38)29(46-23)34-13-21(31-32-34)20-9-3-6-16-5-1-2-8-19(16)20/h1-10,12-13,18,22-27,29,35-38H,11,14-15H2,(H3-,30,39,40,41,42,43)/p+1/t18-,22-,23+,24-,25+,26+,27+,29+/m1/s1. The van der Waals surface area contributed by atoms with Crippen molar-refractivity contribution in [3.63, 3.8) is 0 Å². The summed E-state index contributed by atoms with van der Waals surface area (Å²) >= 11 is 0. The van der Waals surface area contributed by atoms with Gasteiger partial charge < -0.3 is 40.7 Å². The average molecular weight is 723 g/mol. The molecule has 6 rings (SSSR count). The van der Waals surface area contributed by atoms with E-state index in [1.54, 1.807) is 0 Å². The topological polar surface area (TPSA) is 270 Å². The number of nitrogens with two attached hydrogens (primary N) is 1. The Morgan fingerprint density at radius 1 is 0.939 bits per heavy atom. The predicted molar refractivity (Wildman–Crippen MR) is 166 cm³/mol. The molecular formula is C29H34N5O13P2+. The lowest BCUT2D eigenvalue weighted by atomic mass is 10.0. The Labute approximate surface area is 278 Å². The van der Waals surface area contributed by atoms with Crippen molar-refractivity contribution in [2.45, 2.75) is 49.2 Å². The summed E-state index contributed by atoms with van der Waals surface area (Å²) in [6.45, 7) is -1.53. The average Bonchev–Trinajstić information content (AvgIpc) is 3.75. The number of hydrogen-bond acceptors (Lipinski definition) is 13. The van der Waals surface area contributed by atoms with Crippen LogP contribution in [0.3, 0.4) is 0 Å². The first-order valence-electron chi connectivity index (χ1n) is 15.0. The zero-order valence-electron chi connectivity index (χ0n) is 25.5. The van der Waals surface area contributed by atoms with Crippen LogP contribution in [0.15, 0.2) is 73.2 Å². The Bertz CT molecular complexity index is 1920. The first-order valence-corrected chi connectivity index (χ1v) is 18.0. The number of rotatable bonds is 12. The minimum Gasteiger partial charge on any atom is -0.390 e. The quantitative estimate of drug-likeness (QED) is 0.0767. The molecular weight excluding hydrogens is 688 g/mol. The minimum absolute atomic E-state index is 0.0259. The van der Waals surface area contributed by atoms with E-state index in [2.05, 4.69) is 14.6 Å². The largest absolute Gasteiger partial charge is 0.481 e. The molecule has 49 heavy (non-hydrogen) atoms. The molecule has 0 bridgehead atoms. The van der Waals surface area contributed by atoms with Gasteiger partial charge in [0.15, 0.2) is 24.7 Å². The van der Waals surface area contributed by atoms with Gasteiger partial charge in [-0.3, -0.25) is 13.8 Å². The van der Waals surface area contributed by atoms with E-state index < -0.39 is 83.5 Å². The number of hydrogen-bond donors (Lipinski definition) is 7. The van der Waals surface area contributed by atoms with E-state index in [9.17, 15) is 44.1 Å². The molecule has 1 aliphatic heterocycles. The van der Waals surface area contributed by atoms with Crippen LogP contribution in [0.1, 0.15) is 29.0 Å². The number of carbonyl (C=O) groups excluding carboxylic acids is 1. The SMILES string of the molecule is NC(=O)c1ccc[n+]([C@@H]2C[C@H](COP(=O)(O)OP(=O)(O)OC[C@@H]3O[C@H](n4cc(-c5cccc6ccccc56)nn4)[C@@H](O)[C@H]3O)[C@@H](O)[C@H]2O)c1. The van der Waals surface area contributed by atoms with E-state index >= 15 is 0 Å². The molecule has 262 valence electrons. The lowest BCUT2D eigenvalue weighted by molar-refractivity contribution is -0.728. The molecule has 1 amide bonds. The van der Waals surface area contributed by atoms with Gasteiger partial charge in [0.25, 0.3) is 5.91 Å². The van der Waals surface area contributed by atoms with Gasteiger partial charge >= 0.3 is 15.6 Å². The molecule has 2 aliphatic rings. The number of phosphoric acid groups is 2. The molecule has 0 radical (unpaired) electrons. The van der Waals surface area contributed by atoms with Crippen molar-refractivity contribution < 1.29 is 66.8 Å². The van der Waals surface area contributed by atoms with E-state index in [4.69, 9.17) is 19.5 Å². The lowest BCUT2D eigenvalue weighted by Gasteiger charge is -2.20. The molecule has 8 N–H and O–H groups in total. The highest BCUT2D eigenvalue weighted by molar-refractivity contribution is 7.61. The van der Waals surface area contributed by atoms with Crippen molar-refractivity contribution >= 4 is 32.3 Å². The van der Waals surface area contributed by atoms with E-state index in [-0.39, 0.29) is 12.0 Å². The van der Waals surface area contributed by atoms with Crippen LogP contribution in [0.5, 0.6) is 0 Å². The molecule has 20 heteroatoms. The summed E-state index contributed by atoms with van der Waals surface area (Å²) in [5, 5.41) is 52.3. The van der Waals surface area contributed by atoms with Gasteiger partial charge in [0, 0.05) is 24.0 Å². The summed E-state index contributed by atoms with van der Waals surface area (Å²) in [4.78, 5) is 31.8. The Hall–Kier alpha value is -3.48. The van der Waals surface area contributed by atoms with E-state index in [1.165, 1.54) is 40.0 Å². The first kappa shape index (κ1) is 35.3. The molecule has 1 saturated heterocycles. The van der Waals surface area contributed by atoms with Crippen LogP contribution in [-0.4, -0.2) is 94.8 Å². The Morgan fingerprint density at radius 3 is 2.41 bits per heavy atom. The molecule has 2 fully saturated rings. The number of fused-ring (bicyclic) bond motifs is 1. The van der Waals surface area contributed by atoms with Crippen molar-refractivity contribution in [1.82, 2.24) is 15.0 Å². The summed E-state index contributed by atoms with van der Waals surface area (Å²) in [5.41, 5.74) is 6.68. The van der Waals surface area contributed by atoms with Crippen molar-refractivity contribution in [3.05, 3.63) is 78.8 Å². The Kier molecular flexibility index (Phi) is 10.1. The van der Waals surface area contributed by atoms with Gasteiger partial charge in [0.05, 0.1) is 25.5 Å². The van der Waals surface area contributed by atoms with Crippen LogP contribution in [0, 0.1) is 5.92 Å². The number of amides is 1. The molecule has 2 unspecified atom stereocenters. The highest BCUT2D eigenvalue weighted by Crippen LogP contribution is 2.61. The summed E-state index contributed by atoms with van der Waals surface area (Å²) in [7, 11) is -10.6. The number of primary amides is 1. The highest BCUT2D eigenvalue weighted by Gasteiger charge is 2.49. The molecule has 18 nitrogen and oxygen atoms in total. The maximum Gasteiger partial charge on any atom is 0.481 e. The van der Waals surface area contributed by atoms with Crippen LogP contribution in [0.2, 0.25) is 0 Å². The summed E-state index contributed by atoms with van der Waals surface area (Å²) < 4.78 is 47.4. The lowest BCUT2D eigenvalue weighted by Crippen LogP contribution is -2.45. The molecule has 2 aromatic heterocycles. The Morgan fingerprint density at radius 2 is 1.65 bits per heavy atom. The number of carbonyl (C=O) groups is 1. The van der Waals surface area contributed by atoms with Crippen molar-refractivity contribution in [2.24, 2.45) is 11.7 Å². The minimum atomic E-state index is -5.33. The normalized spacial score (nSPS) is 29.5. The maximum absolute atomic E-state index is 12.6. The molecule has 1 saturated carbocycles. The predicted octanol–water partition coefficient (Wildman–Crippen LogP) is 0.337. The summed E-state index contributed by atoms with van der Waals surface area (Å²) in [5.74, 6) is -1.63. The second-order valence-corrected chi connectivity index (χ2v) is 14.8. The monoisotopic (exact) mass is 722 g/mol. The smallest absolute Gasteiger partial charge is 0.390 e. The third-order valence-electron chi connectivity index (χ3n) is 8.49. The first-order chi connectivity index (χ1) is 23.2. The maximum atomic E-state index is 12.6. The zero-order valence-corrected chi connectivity index (χ0v) is 27.3. The fraction of sp³-hybridized carbons (Fsp3) is 0.379. The van der Waals surface area contributed by atoms with Crippen molar-refractivity contribution in [3.8, 4) is 11.3 Å². The second kappa shape index (κ2) is 14.0. The van der Waals surface area contributed by atoms with Crippen LogP contribution in [0.25, 0.3) is 22.0 Å². The van der Waals surface area contributed by atoms with Crippen LogP contribution >= 0.6 is 15.6 Å². The number of benzene rings is 2. The molecule has 0 spiro atoms. The van der Waals surface area contributed by atoms with E-state index in [0.29, 0.717) is 5.69 Å². The molecule has 1 aliphatic carbocycles. The highest BCUT2D eigenvalue weighted by atomic mass is 31.3.